The molecule has 1 N–H and O–H groups in total. The fraction of sp³-hybridized carbons (Fsp3) is 0.290. The molecular weight excluding hydrogens is 505 g/mol. The lowest BCUT2D eigenvalue weighted by Gasteiger charge is -2.30. The largest absolute Gasteiger partial charge is 0.393 e. The van der Waals surface area contributed by atoms with Crippen molar-refractivity contribution in [3.05, 3.63) is 90.4 Å². The minimum atomic E-state index is -0.227. The van der Waals surface area contributed by atoms with Crippen molar-refractivity contribution in [1.29, 1.82) is 0 Å². The van der Waals surface area contributed by atoms with Gasteiger partial charge in [-0.05, 0) is 79.8 Å². The number of aliphatic hydroxyl groups excluding tert-OH is 1. The zero-order valence-electron chi connectivity index (χ0n) is 22.1. The molecule has 202 valence electrons. The Hall–Kier alpha value is -4.37. The number of nitrogens with zero attached hydrogens (tertiary/aromatic N) is 7. The fourth-order valence-electron chi connectivity index (χ4n) is 5.85. The Morgan fingerprint density at radius 2 is 1.55 bits per heavy atom. The first-order valence-electron chi connectivity index (χ1n) is 13.9. The molecule has 1 atom stereocenters. The lowest BCUT2D eigenvalue weighted by Crippen LogP contribution is -2.36. The van der Waals surface area contributed by atoms with Crippen LogP contribution in [-0.2, 0) is 0 Å². The third-order valence-corrected chi connectivity index (χ3v) is 7.93. The van der Waals surface area contributed by atoms with E-state index >= 15 is 0 Å². The summed E-state index contributed by atoms with van der Waals surface area (Å²) in [5, 5.41) is 14.9. The molecule has 7 rings (SSSR count). The molecule has 40 heavy (non-hydrogen) atoms. The van der Waals surface area contributed by atoms with Crippen LogP contribution in [0.5, 0.6) is 0 Å². The van der Waals surface area contributed by atoms with E-state index < -0.39 is 0 Å². The fourth-order valence-corrected chi connectivity index (χ4v) is 5.85. The van der Waals surface area contributed by atoms with E-state index in [0.29, 0.717) is 0 Å². The summed E-state index contributed by atoms with van der Waals surface area (Å²) in [6.45, 7) is 2.44. The molecule has 0 spiro atoms. The molecule has 1 aromatic carbocycles. The smallest absolute Gasteiger partial charge is 0.154 e. The Bertz CT molecular complexity index is 1660. The normalized spacial score (nSPS) is 18.1. The summed E-state index contributed by atoms with van der Waals surface area (Å²) in [5.41, 5.74) is 4.82. The highest BCUT2D eigenvalue weighted by atomic mass is 19.1. The van der Waals surface area contributed by atoms with E-state index in [0.717, 1.165) is 90.9 Å². The number of aromatic nitrogens is 5. The Labute approximate surface area is 231 Å². The predicted octanol–water partition coefficient (Wildman–Crippen LogP) is 5.30. The second-order valence-electron chi connectivity index (χ2n) is 10.5. The highest BCUT2D eigenvalue weighted by molar-refractivity contribution is 5.65. The third-order valence-electron chi connectivity index (χ3n) is 7.93. The van der Waals surface area contributed by atoms with Crippen molar-refractivity contribution in [2.24, 2.45) is 0 Å². The van der Waals surface area contributed by atoms with E-state index in [4.69, 9.17) is 15.1 Å². The van der Waals surface area contributed by atoms with Crippen molar-refractivity contribution < 1.29 is 9.50 Å². The van der Waals surface area contributed by atoms with Gasteiger partial charge in [0.05, 0.1) is 35.4 Å². The monoisotopic (exact) mass is 535 g/mol. The number of imidazole rings is 1. The molecule has 4 aromatic heterocycles. The van der Waals surface area contributed by atoms with Crippen molar-refractivity contribution >= 4 is 17.3 Å². The number of fused-ring (bicyclic) bond motifs is 1. The number of piperidine rings is 1. The molecule has 2 aliphatic rings. The van der Waals surface area contributed by atoms with Crippen LogP contribution in [0.1, 0.15) is 37.3 Å². The summed E-state index contributed by atoms with van der Waals surface area (Å²) in [7, 11) is 0. The SMILES string of the molecule is OC1CCN(c2cccc(-c3cccc(-c4cnc5ccc(N6CCC[C@@H]6c6cccc(F)c6)nn45)n3)n2)CC1. The van der Waals surface area contributed by atoms with Gasteiger partial charge in [0.15, 0.2) is 5.65 Å². The summed E-state index contributed by atoms with van der Waals surface area (Å²) < 4.78 is 15.8. The number of rotatable bonds is 5. The van der Waals surface area contributed by atoms with E-state index in [2.05, 4.69) is 14.8 Å². The second kappa shape index (κ2) is 10.3. The maximum Gasteiger partial charge on any atom is 0.154 e. The van der Waals surface area contributed by atoms with Crippen molar-refractivity contribution in [1.82, 2.24) is 24.6 Å². The zero-order valence-corrected chi connectivity index (χ0v) is 22.1. The van der Waals surface area contributed by atoms with E-state index in [1.807, 2.05) is 59.1 Å². The number of hydrogen-bond donors (Lipinski definition) is 1. The highest BCUT2D eigenvalue weighted by Crippen LogP contribution is 2.36. The van der Waals surface area contributed by atoms with Crippen molar-refractivity contribution in [3.8, 4) is 22.8 Å². The molecule has 9 heteroatoms. The molecule has 2 saturated heterocycles. The molecule has 8 nitrogen and oxygen atoms in total. The van der Waals surface area contributed by atoms with Crippen LogP contribution in [0.15, 0.2) is 79.0 Å². The van der Waals surface area contributed by atoms with Gasteiger partial charge in [-0.25, -0.2) is 23.9 Å². The van der Waals surface area contributed by atoms with Gasteiger partial charge in [0.2, 0.25) is 0 Å². The standard InChI is InChI=1S/C31H30FN7O/c32-22-6-1-5-21(19-22)27-10-4-16-38(27)31-13-12-29-33-20-28(39(29)36-31)26-9-2-7-24(34-26)25-8-3-11-30(35-25)37-17-14-23(40)15-18-37/h1-3,5-9,11-13,19-20,23,27,40H,4,10,14-18H2/t27-/m1/s1. The summed E-state index contributed by atoms with van der Waals surface area (Å²) in [6.07, 6.45) is 5.05. The first-order valence-corrected chi connectivity index (χ1v) is 13.9. The van der Waals surface area contributed by atoms with E-state index in [1.165, 1.54) is 6.07 Å². The number of benzene rings is 1. The van der Waals surface area contributed by atoms with Gasteiger partial charge in [0, 0.05) is 19.6 Å². The van der Waals surface area contributed by atoms with E-state index in [-0.39, 0.29) is 18.0 Å². The van der Waals surface area contributed by atoms with Crippen LogP contribution in [0.3, 0.4) is 0 Å². The maximum atomic E-state index is 14.0. The molecule has 0 bridgehead atoms. The molecule has 0 radical (unpaired) electrons. The van der Waals surface area contributed by atoms with E-state index in [9.17, 15) is 9.50 Å². The van der Waals surface area contributed by atoms with Crippen molar-refractivity contribution in [3.63, 3.8) is 0 Å². The molecule has 6 heterocycles. The average molecular weight is 536 g/mol. The van der Waals surface area contributed by atoms with Gasteiger partial charge in [0.25, 0.3) is 0 Å². The lowest BCUT2D eigenvalue weighted by molar-refractivity contribution is 0.145. The topological polar surface area (TPSA) is 82.7 Å². The molecule has 5 aromatic rings. The van der Waals surface area contributed by atoms with Gasteiger partial charge >= 0.3 is 0 Å². The minimum Gasteiger partial charge on any atom is -0.393 e. The van der Waals surface area contributed by atoms with Gasteiger partial charge < -0.3 is 14.9 Å². The third kappa shape index (κ3) is 4.66. The van der Waals surface area contributed by atoms with Gasteiger partial charge in [-0.15, -0.1) is 5.10 Å². The summed E-state index contributed by atoms with van der Waals surface area (Å²) in [6, 6.07) is 22.8. The Balaban J connectivity index is 1.20. The quantitative estimate of drug-likeness (QED) is 0.327. The van der Waals surface area contributed by atoms with Crippen LogP contribution in [-0.4, -0.2) is 55.4 Å². The van der Waals surface area contributed by atoms with Crippen LogP contribution < -0.4 is 9.80 Å². The van der Waals surface area contributed by atoms with Crippen LogP contribution >= 0.6 is 0 Å². The predicted molar refractivity (Wildman–Crippen MR) is 153 cm³/mol. The van der Waals surface area contributed by atoms with Crippen molar-refractivity contribution in [2.75, 3.05) is 29.4 Å². The average Bonchev–Trinajstić information content (AvgIpc) is 3.65. The number of halogens is 1. The molecular formula is C31H30FN7O. The van der Waals surface area contributed by atoms with E-state index in [1.54, 1.807) is 18.3 Å². The maximum absolute atomic E-state index is 14.0. The number of pyridine rings is 2. The molecule has 0 saturated carbocycles. The molecule has 2 fully saturated rings. The summed E-state index contributed by atoms with van der Waals surface area (Å²) in [5.74, 6) is 1.51. The zero-order chi connectivity index (χ0) is 27.1. The lowest BCUT2D eigenvalue weighted by atomic mass is 10.0. The van der Waals surface area contributed by atoms with Crippen LogP contribution in [0.2, 0.25) is 0 Å². The summed E-state index contributed by atoms with van der Waals surface area (Å²) in [4.78, 5) is 18.9. The second-order valence-corrected chi connectivity index (χ2v) is 10.5. The number of aliphatic hydroxyl groups is 1. The summed E-state index contributed by atoms with van der Waals surface area (Å²) >= 11 is 0. The Kier molecular flexibility index (Phi) is 6.36. The first-order chi connectivity index (χ1) is 19.6. The van der Waals surface area contributed by atoms with Gasteiger partial charge in [-0.2, -0.15) is 0 Å². The van der Waals surface area contributed by atoms with Crippen LogP contribution in [0, 0.1) is 5.82 Å². The van der Waals surface area contributed by atoms with Crippen LogP contribution in [0.4, 0.5) is 16.0 Å². The first kappa shape index (κ1) is 24.7. The van der Waals surface area contributed by atoms with Gasteiger partial charge in [-0.1, -0.05) is 24.3 Å². The number of hydrogen-bond acceptors (Lipinski definition) is 7. The molecule has 2 aliphatic heterocycles. The number of anilines is 2. The molecule has 0 amide bonds. The Morgan fingerprint density at radius 3 is 2.40 bits per heavy atom. The van der Waals surface area contributed by atoms with Crippen molar-refractivity contribution in [2.45, 2.75) is 37.8 Å². The Morgan fingerprint density at radius 1 is 0.775 bits per heavy atom. The van der Waals surface area contributed by atoms with Gasteiger partial charge in [0.1, 0.15) is 23.1 Å². The molecule has 0 aliphatic carbocycles. The molecule has 0 unspecified atom stereocenters. The minimum absolute atomic E-state index is 0.0793. The van der Waals surface area contributed by atoms with Gasteiger partial charge in [-0.3, -0.25) is 0 Å². The highest BCUT2D eigenvalue weighted by Gasteiger charge is 2.28. The van der Waals surface area contributed by atoms with Crippen LogP contribution in [0.25, 0.3) is 28.4 Å².